The number of unbranched alkanes of at least 4 members (excludes halogenated alkanes) is 4. The molecular weight excluding hydrogens is 232 g/mol. The van der Waals surface area contributed by atoms with Crippen LogP contribution in [0.4, 0.5) is 11.8 Å². The normalized spacial score (nSPS) is 10.3. The van der Waals surface area contributed by atoms with Crippen LogP contribution in [0.1, 0.15) is 39.0 Å². The van der Waals surface area contributed by atoms with E-state index in [9.17, 15) is 5.21 Å². The number of nitrogen functional groups attached to an aromatic ring is 1. The predicted octanol–water partition coefficient (Wildman–Crippen LogP) is 1.69. The number of ether oxygens (including phenoxy) is 1. The van der Waals surface area contributed by atoms with Gasteiger partial charge < -0.3 is 21.0 Å². The second kappa shape index (κ2) is 7.58. The Kier molecular flexibility index (Phi) is 6.04. The van der Waals surface area contributed by atoms with Gasteiger partial charge in [-0.1, -0.05) is 37.6 Å². The molecule has 102 valence electrons. The first-order valence-corrected chi connectivity index (χ1v) is 6.37. The van der Waals surface area contributed by atoms with Crippen LogP contribution in [0, 0.1) is 5.21 Å². The lowest BCUT2D eigenvalue weighted by Gasteiger charge is -2.13. The fourth-order valence-corrected chi connectivity index (χ4v) is 1.66. The number of rotatable bonds is 8. The van der Waals surface area contributed by atoms with Gasteiger partial charge in [0.05, 0.1) is 13.2 Å². The van der Waals surface area contributed by atoms with Gasteiger partial charge in [-0.25, -0.2) is 4.73 Å². The number of anilines is 2. The van der Waals surface area contributed by atoms with Gasteiger partial charge in [0.2, 0.25) is 5.82 Å². The van der Waals surface area contributed by atoms with Crippen molar-refractivity contribution >= 4 is 11.8 Å². The second-order valence-corrected chi connectivity index (χ2v) is 4.18. The van der Waals surface area contributed by atoms with Crippen molar-refractivity contribution in [3.05, 3.63) is 11.3 Å². The quantitative estimate of drug-likeness (QED) is 0.419. The fourth-order valence-electron chi connectivity index (χ4n) is 1.66. The lowest BCUT2D eigenvalue weighted by atomic mass is 10.1. The van der Waals surface area contributed by atoms with Crippen LogP contribution in [0.15, 0.2) is 6.07 Å². The van der Waals surface area contributed by atoms with Gasteiger partial charge in [0.25, 0.3) is 5.88 Å². The molecule has 0 unspecified atom stereocenters. The van der Waals surface area contributed by atoms with Crippen molar-refractivity contribution in [1.29, 1.82) is 0 Å². The van der Waals surface area contributed by atoms with Gasteiger partial charge in [-0.2, -0.15) is 0 Å². The third-order valence-corrected chi connectivity index (χ3v) is 2.71. The molecule has 0 fully saturated rings. The van der Waals surface area contributed by atoms with Crippen LogP contribution in [0.5, 0.6) is 5.88 Å². The fraction of sp³-hybridized carbons (Fsp3) is 0.667. The largest absolute Gasteiger partial charge is 0.754 e. The minimum absolute atomic E-state index is 0.108. The highest BCUT2D eigenvalue weighted by Gasteiger charge is 2.09. The molecule has 0 aliphatic rings. The van der Waals surface area contributed by atoms with Gasteiger partial charge in [0.1, 0.15) is 0 Å². The van der Waals surface area contributed by atoms with E-state index in [4.69, 9.17) is 10.5 Å². The van der Waals surface area contributed by atoms with E-state index < -0.39 is 0 Å². The van der Waals surface area contributed by atoms with Crippen LogP contribution < -0.4 is 20.5 Å². The maximum absolute atomic E-state index is 11.6. The zero-order chi connectivity index (χ0) is 13.4. The van der Waals surface area contributed by atoms with Gasteiger partial charge in [-0.05, 0) is 6.42 Å². The Labute approximate surface area is 108 Å². The first kappa shape index (κ1) is 14.3. The minimum Gasteiger partial charge on any atom is -0.754 e. The highest BCUT2D eigenvalue weighted by molar-refractivity contribution is 5.36. The molecule has 1 rings (SSSR count). The SMILES string of the molecule is CCCCCCCNc1cc(OC)nc(N)[n+]1[O-]. The van der Waals surface area contributed by atoms with E-state index in [0.29, 0.717) is 16.4 Å². The number of nitrogens with zero attached hydrogens (tertiary/aromatic N) is 2. The Morgan fingerprint density at radius 2 is 2.11 bits per heavy atom. The zero-order valence-electron chi connectivity index (χ0n) is 11.1. The molecule has 0 aliphatic heterocycles. The first-order valence-electron chi connectivity index (χ1n) is 6.37. The summed E-state index contributed by atoms with van der Waals surface area (Å²) in [6.07, 6.45) is 5.92. The Balaban J connectivity index is 2.44. The summed E-state index contributed by atoms with van der Waals surface area (Å²) in [7, 11) is 1.49. The van der Waals surface area contributed by atoms with E-state index in [-0.39, 0.29) is 5.95 Å². The van der Waals surface area contributed by atoms with Crippen molar-refractivity contribution in [2.24, 2.45) is 0 Å². The molecule has 3 N–H and O–H groups in total. The van der Waals surface area contributed by atoms with E-state index in [2.05, 4.69) is 17.2 Å². The third-order valence-electron chi connectivity index (χ3n) is 2.71. The summed E-state index contributed by atoms with van der Waals surface area (Å²) in [5.74, 6) is 0.616. The van der Waals surface area contributed by atoms with Crippen LogP contribution in [-0.4, -0.2) is 18.6 Å². The molecule has 18 heavy (non-hydrogen) atoms. The summed E-state index contributed by atoms with van der Waals surface area (Å²) in [5, 5.41) is 14.7. The molecule has 0 aliphatic carbocycles. The van der Waals surface area contributed by atoms with Gasteiger partial charge in [0.15, 0.2) is 0 Å². The molecule has 0 spiro atoms. The molecule has 6 nitrogen and oxygen atoms in total. The highest BCUT2D eigenvalue weighted by Crippen LogP contribution is 2.12. The van der Waals surface area contributed by atoms with Crippen LogP contribution in [0.25, 0.3) is 0 Å². The summed E-state index contributed by atoms with van der Waals surface area (Å²) >= 11 is 0. The topological polar surface area (TPSA) is 87.1 Å². The molecule has 0 saturated heterocycles. The van der Waals surface area contributed by atoms with Gasteiger partial charge in [-0.15, -0.1) is 0 Å². The number of methoxy groups -OCH3 is 1. The highest BCUT2D eigenvalue weighted by atomic mass is 16.5. The van der Waals surface area contributed by atoms with Crippen LogP contribution >= 0.6 is 0 Å². The molecule has 0 atom stereocenters. The van der Waals surface area contributed by atoms with Crippen molar-refractivity contribution < 1.29 is 9.47 Å². The lowest BCUT2D eigenvalue weighted by Crippen LogP contribution is -2.35. The molecule has 0 amide bonds. The number of hydrogen-bond donors (Lipinski definition) is 2. The number of hydrogen-bond acceptors (Lipinski definition) is 5. The summed E-state index contributed by atoms with van der Waals surface area (Å²) in [5.41, 5.74) is 5.49. The third kappa shape index (κ3) is 4.27. The summed E-state index contributed by atoms with van der Waals surface area (Å²) in [6, 6.07) is 1.55. The molecule has 1 aromatic heterocycles. The molecule has 1 aromatic rings. The minimum atomic E-state index is -0.108. The molecule has 0 bridgehead atoms. The molecule has 6 heteroatoms. The monoisotopic (exact) mass is 254 g/mol. The Hall–Kier alpha value is -1.72. The van der Waals surface area contributed by atoms with Crippen molar-refractivity contribution in [3.63, 3.8) is 0 Å². The molecule has 0 radical (unpaired) electrons. The van der Waals surface area contributed by atoms with Crippen molar-refractivity contribution in [2.45, 2.75) is 39.0 Å². The zero-order valence-corrected chi connectivity index (χ0v) is 11.1. The lowest BCUT2D eigenvalue weighted by molar-refractivity contribution is -0.577. The standard InChI is InChI=1S/C12H22N4O2/c1-3-4-5-6-7-8-14-10-9-11(18-2)15-12(13)16(10)17/h9,14H,3-8H2,1-2H3,(H2,13,15). The van der Waals surface area contributed by atoms with Crippen LogP contribution in [0.2, 0.25) is 0 Å². The summed E-state index contributed by atoms with van der Waals surface area (Å²) in [4.78, 5) is 3.79. The van der Waals surface area contributed by atoms with Gasteiger partial charge in [0, 0.05) is 6.54 Å². The van der Waals surface area contributed by atoms with Crippen LogP contribution in [0.3, 0.4) is 0 Å². The van der Waals surface area contributed by atoms with Crippen molar-refractivity contribution in [2.75, 3.05) is 24.7 Å². The maximum Gasteiger partial charge on any atom is 0.347 e. The second-order valence-electron chi connectivity index (χ2n) is 4.18. The summed E-state index contributed by atoms with van der Waals surface area (Å²) in [6.45, 7) is 2.93. The smallest absolute Gasteiger partial charge is 0.347 e. The number of nitrogens with one attached hydrogen (secondary N) is 1. The van der Waals surface area contributed by atoms with Gasteiger partial charge >= 0.3 is 5.95 Å². The predicted molar refractivity (Wildman–Crippen MR) is 71.4 cm³/mol. The van der Waals surface area contributed by atoms with E-state index >= 15 is 0 Å². The molecular formula is C12H22N4O2. The van der Waals surface area contributed by atoms with E-state index in [0.717, 1.165) is 19.4 Å². The summed E-state index contributed by atoms with van der Waals surface area (Å²) < 4.78 is 5.54. The maximum atomic E-state index is 11.6. The van der Waals surface area contributed by atoms with Crippen LogP contribution in [-0.2, 0) is 0 Å². The Bertz CT molecular complexity index is 371. The van der Waals surface area contributed by atoms with E-state index in [1.165, 1.54) is 26.4 Å². The first-order chi connectivity index (χ1) is 8.69. The molecule has 0 saturated carbocycles. The molecule has 1 heterocycles. The molecule has 0 aromatic carbocycles. The van der Waals surface area contributed by atoms with E-state index in [1.54, 1.807) is 6.07 Å². The average molecular weight is 254 g/mol. The van der Waals surface area contributed by atoms with Gasteiger partial charge in [-0.3, -0.25) is 0 Å². The Morgan fingerprint density at radius 3 is 2.78 bits per heavy atom. The van der Waals surface area contributed by atoms with E-state index in [1.807, 2.05) is 0 Å². The Morgan fingerprint density at radius 1 is 1.39 bits per heavy atom. The van der Waals surface area contributed by atoms with Crippen molar-refractivity contribution in [1.82, 2.24) is 4.98 Å². The van der Waals surface area contributed by atoms with Crippen molar-refractivity contribution in [3.8, 4) is 5.88 Å². The average Bonchev–Trinajstić information content (AvgIpc) is 2.38. The number of aromatic nitrogens is 2. The number of nitrogens with two attached hydrogens (primary N) is 1.